The number of hydrogen-bond acceptors (Lipinski definition) is 2. The van der Waals surface area contributed by atoms with Gasteiger partial charge in [0, 0.05) is 12.1 Å². The molecule has 0 atom stereocenters. The number of anilines is 1. The van der Waals surface area contributed by atoms with Crippen molar-refractivity contribution in [2.45, 2.75) is 19.9 Å². The molecular weight excluding hydrogens is 154 g/mol. The van der Waals surface area contributed by atoms with Crippen molar-refractivity contribution in [1.29, 1.82) is 0 Å². The van der Waals surface area contributed by atoms with Crippen LogP contribution >= 0.6 is 0 Å². The van der Waals surface area contributed by atoms with Gasteiger partial charge >= 0.3 is 0 Å². The molecule has 1 aromatic rings. The van der Waals surface area contributed by atoms with Crippen molar-refractivity contribution >= 4 is 11.8 Å². The highest BCUT2D eigenvalue weighted by atomic mass is 15.2. The molecule has 0 amide bonds. The van der Waals surface area contributed by atoms with E-state index < -0.39 is 0 Å². The first-order valence-corrected chi connectivity index (χ1v) is 3.78. The van der Waals surface area contributed by atoms with E-state index in [1.165, 1.54) is 0 Å². The summed E-state index contributed by atoms with van der Waals surface area (Å²) >= 11 is 0. The summed E-state index contributed by atoms with van der Waals surface area (Å²) in [6, 6.07) is 1.98. The van der Waals surface area contributed by atoms with Crippen LogP contribution in [0.3, 0.4) is 0 Å². The molecule has 1 aromatic heterocycles. The van der Waals surface area contributed by atoms with Crippen molar-refractivity contribution in [3.05, 3.63) is 12.3 Å². The second-order valence-corrected chi connectivity index (χ2v) is 2.70. The first kappa shape index (κ1) is 8.58. The minimum Gasteiger partial charge on any atom is -0.370 e. The van der Waals surface area contributed by atoms with Crippen molar-refractivity contribution in [3.8, 4) is 0 Å². The average molecular weight is 167 g/mol. The second-order valence-electron chi connectivity index (χ2n) is 2.70. The molecule has 0 radical (unpaired) electrons. The van der Waals surface area contributed by atoms with Crippen LogP contribution in [0.15, 0.2) is 17.3 Å². The van der Waals surface area contributed by atoms with Crippen LogP contribution in [0.4, 0.5) is 5.82 Å². The number of nitrogens with two attached hydrogens (primary N) is 1. The van der Waals surface area contributed by atoms with Gasteiger partial charge in [-0.1, -0.05) is 0 Å². The second kappa shape index (κ2) is 3.75. The van der Waals surface area contributed by atoms with Gasteiger partial charge in [-0.2, -0.15) is 5.10 Å². The van der Waals surface area contributed by atoms with Crippen LogP contribution in [0, 0.1) is 0 Å². The lowest BCUT2D eigenvalue weighted by molar-refractivity contribution is 0.833. The zero-order valence-corrected chi connectivity index (χ0v) is 7.20. The van der Waals surface area contributed by atoms with Crippen molar-refractivity contribution in [2.75, 3.05) is 5.32 Å². The highest BCUT2D eigenvalue weighted by Gasteiger charge is 1.95. The largest absolute Gasteiger partial charge is 0.370 e. The zero-order valence-electron chi connectivity index (χ0n) is 7.20. The fraction of sp³-hybridized carbons (Fsp3) is 0.429. The number of rotatable bonds is 2. The monoisotopic (exact) mass is 167 g/mol. The third-order valence-electron chi connectivity index (χ3n) is 1.16. The van der Waals surface area contributed by atoms with Crippen LogP contribution < -0.4 is 11.1 Å². The molecule has 0 fully saturated rings. The summed E-state index contributed by atoms with van der Waals surface area (Å²) in [5.74, 6) is 1.14. The topological polar surface area (TPSA) is 79.1 Å². The smallest absolute Gasteiger partial charge is 0.194 e. The number of nitrogens with one attached hydrogen (secondary N) is 2. The Morgan fingerprint density at radius 1 is 1.75 bits per heavy atom. The first-order chi connectivity index (χ1) is 5.68. The fourth-order valence-corrected chi connectivity index (χ4v) is 0.774. The maximum atomic E-state index is 5.56. The van der Waals surface area contributed by atoms with Crippen LogP contribution in [-0.2, 0) is 0 Å². The quantitative estimate of drug-likeness (QED) is 0.444. The summed E-state index contributed by atoms with van der Waals surface area (Å²) in [6.45, 7) is 3.92. The van der Waals surface area contributed by atoms with E-state index in [1.54, 1.807) is 12.3 Å². The Hall–Kier alpha value is -1.52. The Morgan fingerprint density at radius 2 is 2.50 bits per heavy atom. The summed E-state index contributed by atoms with van der Waals surface area (Å²) in [6.07, 6.45) is 1.64. The van der Waals surface area contributed by atoms with Gasteiger partial charge in [-0.05, 0) is 13.8 Å². The van der Waals surface area contributed by atoms with Gasteiger partial charge in [0.15, 0.2) is 5.96 Å². The molecular formula is C7H13N5. The third-order valence-corrected chi connectivity index (χ3v) is 1.16. The minimum atomic E-state index is 0.195. The molecule has 5 nitrogen and oxygen atoms in total. The lowest BCUT2D eigenvalue weighted by atomic mass is 10.4. The summed E-state index contributed by atoms with van der Waals surface area (Å²) in [7, 11) is 0. The Kier molecular flexibility index (Phi) is 2.68. The highest BCUT2D eigenvalue weighted by Crippen LogP contribution is 1.97. The lowest BCUT2D eigenvalue weighted by Gasteiger charge is -2.03. The Morgan fingerprint density at radius 3 is 3.00 bits per heavy atom. The highest BCUT2D eigenvalue weighted by molar-refractivity contribution is 5.91. The number of H-pyrrole nitrogens is 1. The molecule has 4 N–H and O–H groups in total. The molecule has 12 heavy (non-hydrogen) atoms. The van der Waals surface area contributed by atoms with Crippen LogP contribution in [0.2, 0.25) is 0 Å². The molecule has 66 valence electrons. The number of aromatic amines is 1. The van der Waals surface area contributed by atoms with Crippen LogP contribution in [0.25, 0.3) is 0 Å². The number of guanidine groups is 1. The minimum absolute atomic E-state index is 0.195. The van der Waals surface area contributed by atoms with Crippen LogP contribution in [-0.4, -0.2) is 22.2 Å². The predicted molar refractivity (Wildman–Crippen MR) is 49.0 cm³/mol. The molecule has 1 heterocycles. The number of aromatic nitrogens is 2. The van der Waals surface area contributed by atoms with Crippen molar-refractivity contribution < 1.29 is 0 Å². The summed E-state index contributed by atoms with van der Waals surface area (Å²) in [5.41, 5.74) is 5.56. The van der Waals surface area contributed by atoms with Crippen molar-refractivity contribution in [2.24, 2.45) is 10.7 Å². The molecule has 0 unspecified atom stereocenters. The third kappa shape index (κ3) is 2.61. The van der Waals surface area contributed by atoms with E-state index in [0.717, 1.165) is 5.82 Å². The molecule has 1 rings (SSSR count). The van der Waals surface area contributed by atoms with E-state index in [0.29, 0.717) is 5.96 Å². The average Bonchev–Trinajstić information content (AvgIpc) is 2.37. The number of nitrogens with zero attached hydrogens (tertiary/aromatic N) is 2. The van der Waals surface area contributed by atoms with E-state index in [4.69, 9.17) is 5.73 Å². The van der Waals surface area contributed by atoms with E-state index >= 15 is 0 Å². The molecule has 0 saturated heterocycles. The normalized spacial score (nSPS) is 12.1. The van der Waals surface area contributed by atoms with Crippen LogP contribution in [0.1, 0.15) is 13.8 Å². The molecule has 0 aliphatic heterocycles. The van der Waals surface area contributed by atoms with Crippen molar-refractivity contribution in [1.82, 2.24) is 10.2 Å². The summed E-state index contributed by atoms with van der Waals surface area (Å²) in [4.78, 5) is 4.09. The van der Waals surface area contributed by atoms with Gasteiger partial charge in [0.05, 0.1) is 6.20 Å². The molecule has 0 spiro atoms. The Labute approximate surface area is 71.1 Å². The van der Waals surface area contributed by atoms with Gasteiger partial charge < -0.3 is 11.1 Å². The van der Waals surface area contributed by atoms with Gasteiger partial charge in [-0.25, -0.2) is 0 Å². The maximum absolute atomic E-state index is 5.56. The Bertz CT molecular complexity index is 249. The van der Waals surface area contributed by atoms with Crippen molar-refractivity contribution in [3.63, 3.8) is 0 Å². The van der Waals surface area contributed by atoms with Gasteiger partial charge in [0.1, 0.15) is 5.82 Å². The van der Waals surface area contributed by atoms with Gasteiger partial charge in [0.25, 0.3) is 0 Å². The zero-order chi connectivity index (χ0) is 8.97. The molecule has 0 aromatic carbocycles. The SMILES string of the molecule is CC(C)N=C(N)Nc1ccn[nH]1. The summed E-state index contributed by atoms with van der Waals surface area (Å²) < 4.78 is 0. The van der Waals surface area contributed by atoms with E-state index in [-0.39, 0.29) is 6.04 Å². The number of aliphatic imine (C=N–C) groups is 1. The molecule has 5 heteroatoms. The summed E-state index contributed by atoms with van der Waals surface area (Å²) in [5, 5.41) is 9.34. The predicted octanol–water partition coefficient (Wildman–Crippen LogP) is 0.545. The van der Waals surface area contributed by atoms with E-state index in [9.17, 15) is 0 Å². The van der Waals surface area contributed by atoms with Gasteiger partial charge in [-0.3, -0.25) is 10.1 Å². The standard InChI is InChI=1S/C7H13N5/c1-5(2)10-7(8)11-6-3-4-9-12-6/h3-5H,1-2H3,(H4,8,9,10,11,12). The fourth-order valence-electron chi connectivity index (χ4n) is 0.774. The molecule has 0 aliphatic carbocycles. The first-order valence-electron chi connectivity index (χ1n) is 3.78. The van der Waals surface area contributed by atoms with Gasteiger partial charge in [-0.15, -0.1) is 0 Å². The molecule has 0 bridgehead atoms. The number of hydrogen-bond donors (Lipinski definition) is 3. The molecule has 0 aliphatic rings. The van der Waals surface area contributed by atoms with Crippen LogP contribution in [0.5, 0.6) is 0 Å². The van der Waals surface area contributed by atoms with E-state index in [2.05, 4.69) is 20.5 Å². The van der Waals surface area contributed by atoms with Gasteiger partial charge in [0.2, 0.25) is 0 Å². The van der Waals surface area contributed by atoms with E-state index in [1.807, 2.05) is 13.8 Å². The Balaban J connectivity index is 2.52. The molecule has 0 saturated carbocycles. The lowest BCUT2D eigenvalue weighted by Crippen LogP contribution is -2.24. The maximum Gasteiger partial charge on any atom is 0.194 e.